The van der Waals surface area contributed by atoms with Gasteiger partial charge in [0.1, 0.15) is 5.82 Å². The molecule has 1 N–H and O–H groups in total. The SMILES string of the molecule is Cc1c(C(=O)N2CCN(CC(=O)NC3CC3)CC2)cnn1-c1ccc(F)cc1. The Labute approximate surface area is 163 Å². The van der Waals surface area contributed by atoms with Crippen molar-refractivity contribution in [1.82, 2.24) is 24.9 Å². The molecule has 1 aliphatic carbocycles. The quantitative estimate of drug-likeness (QED) is 0.844. The van der Waals surface area contributed by atoms with Crippen LogP contribution in [0.25, 0.3) is 5.69 Å². The Morgan fingerprint density at radius 1 is 1.14 bits per heavy atom. The Kier molecular flexibility index (Phi) is 5.13. The maximum atomic E-state index is 13.1. The van der Waals surface area contributed by atoms with Crippen LogP contribution < -0.4 is 5.32 Å². The summed E-state index contributed by atoms with van der Waals surface area (Å²) in [4.78, 5) is 28.7. The van der Waals surface area contributed by atoms with E-state index in [1.807, 2.05) is 6.92 Å². The van der Waals surface area contributed by atoms with Crippen molar-refractivity contribution in [3.8, 4) is 5.69 Å². The Balaban J connectivity index is 1.36. The lowest BCUT2D eigenvalue weighted by molar-refractivity contribution is -0.122. The highest BCUT2D eigenvalue weighted by Gasteiger charge is 2.27. The van der Waals surface area contributed by atoms with Gasteiger partial charge in [-0.2, -0.15) is 5.10 Å². The van der Waals surface area contributed by atoms with E-state index < -0.39 is 0 Å². The first-order chi connectivity index (χ1) is 13.5. The van der Waals surface area contributed by atoms with Crippen LogP contribution in [0.4, 0.5) is 4.39 Å². The molecular weight excluding hydrogens is 361 g/mol. The van der Waals surface area contributed by atoms with Crippen molar-refractivity contribution in [2.24, 2.45) is 0 Å². The van der Waals surface area contributed by atoms with Gasteiger partial charge in [-0.15, -0.1) is 0 Å². The van der Waals surface area contributed by atoms with Gasteiger partial charge < -0.3 is 10.2 Å². The number of aromatic nitrogens is 2. The smallest absolute Gasteiger partial charge is 0.257 e. The molecule has 1 saturated heterocycles. The van der Waals surface area contributed by atoms with Gasteiger partial charge in [-0.3, -0.25) is 14.5 Å². The van der Waals surface area contributed by atoms with E-state index in [0.29, 0.717) is 50.0 Å². The van der Waals surface area contributed by atoms with Crippen LogP contribution in [0.1, 0.15) is 28.9 Å². The molecule has 28 heavy (non-hydrogen) atoms. The van der Waals surface area contributed by atoms with E-state index in [1.165, 1.54) is 12.1 Å². The Bertz CT molecular complexity index is 867. The van der Waals surface area contributed by atoms with Crippen molar-refractivity contribution in [3.05, 3.63) is 47.5 Å². The minimum Gasteiger partial charge on any atom is -0.352 e. The second-order valence-corrected chi connectivity index (χ2v) is 7.44. The number of piperazine rings is 1. The number of halogens is 1. The third-order valence-corrected chi connectivity index (χ3v) is 5.28. The molecule has 0 unspecified atom stereocenters. The second kappa shape index (κ2) is 7.71. The van der Waals surface area contributed by atoms with Gasteiger partial charge in [0.2, 0.25) is 5.91 Å². The third kappa shape index (κ3) is 4.06. The predicted molar refractivity (Wildman–Crippen MR) is 102 cm³/mol. The van der Waals surface area contributed by atoms with Crippen LogP contribution in [0.2, 0.25) is 0 Å². The summed E-state index contributed by atoms with van der Waals surface area (Å²) in [5.41, 5.74) is 1.98. The standard InChI is InChI=1S/C20H24FN5O2/c1-14-18(12-22-26(14)17-6-2-15(21)3-7-17)20(28)25-10-8-24(9-11-25)13-19(27)23-16-4-5-16/h2-3,6-7,12,16H,4-5,8-11,13H2,1H3,(H,23,27). The van der Waals surface area contributed by atoms with Crippen LogP contribution in [0, 0.1) is 12.7 Å². The van der Waals surface area contributed by atoms with Crippen molar-refractivity contribution in [2.45, 2.75) is 25.8 Å². The summed E-state index contributed by atoms with van der Waals surface area (Å²) in [7, 11) is 0. The van der Waals surface area contributed by atoms with E-state index in [0.717, 1.165) is 18.5 Å². The zero-order valence-corrected chi connectivity index (χ0v) is 15.9. The number of nitrogens with one attached hydrogen (secondary N) is 1. The van der Waals surface area contributed by atoms with E-state index in [4.69, 9.17) is 0 Å². The molecule has 1 aliphatic heterocycles. The van der Waals surface area contributed by atoms with Crippen LogP contribution >= 0.6 is 0 Å². The zero-order valence-electron chi connectivity index (χ0n) is 15.9. The van der Waals surface area contributed by atoms with Crippen LogP contribution in [0.5, 0.6) is 0 Å². The molecule has 2 aliphatic rings. The summed E-state index contributed by atoms with van der Waals surface area (Å²) in [5, 5.41) is 7.30. The number of nitrogens with zero attached hydrogens (tertiary/aromatic N) is 4. The van der Waals surface area contributed by atoms with Crippen molar-refractivity contribution in [1.29, 1.82) is 0 Å². The fourth-order valence-corrected chi connectivity index (χ4v) is 3.45. The Morgan fingerprint density at radius 3 is 2.46 bits per heavy atom. The molecule has 2 aromatic rings. The highest BCUT2D eigenvalue weighted by molar-refractivity contribution is 5.95. The van der Waals surface area contributed by atoms with Crippen LogP contribution in [-0.4, -0.2) is 70.2 Å². The molecule has 1 saturated carbocycles. The summed E-state index contributed by atoms with van der Waals surface area (Å²) in [5.74, 6) is -0.305. The fraction of sp³-hybridized carbons (Fsp3) is 0.450. The number of rotatable bonds is 5. The van der Waals surface area contributed by atoms with Gasteiger partial charge in [0.05, 0.1) is 29.7 Å². The summed E-state index contributed by atoms with van der Waals surface area (Å²) in [6.45, 7) is 4.74. The van der Waals surface area contributed by atoms with Crippen LogP contribution in [-0.2, 0) is 4.79 Å². The highest BCUT2D eigenvalue weighted by atomic mass is 19.1. The van der Waals surface area contributed by atoms with Gasteiger partial charge in [-0.25, -0.2) is 9.07 Å². The lowest BCUT2D eigenvalue weighted by Crippen LogP contribution is -2.51. The summed E-state index contributed by atoms with van der Waals surface area (Å²) >= 11 is 0. The van der Waals surface area contributed by atoms with Crippen molar-refractivity contribution < 1.29 is 14.0 Å². The number of hydrogen-bond donors (Lipinski definition) is 1. The van der Waals surface area contributed by atoms with Crippen molar-refractivity contribution in [3.63, 3.8) is 0 Å². The van der Waals surface area contributed by atoms with Gasteiger partial charge in [0.15, 0.2) is 0 Å². The molecule has 7 nitrogen and oxygen atoms in total. The molecular formula is C20H24FN5O2. The summed E-state index contributed by atoms with van der Waals surface area (Å²) in [6.07, 6.45) is 3.73. The number of hydrogen-bond acceptors (Lipinski definition) is 4. The van der Waals surface area contributed by atoms with Gasteiger partial charge in [0, 0.05) is 32.2 Å². The lowest BCUT2D eigenvalue weighted by atomic mass is 10.2. The molecule has 0 spiro atoms. The number of amides is 2. The maximum Gasteiger partial charge on any atom is 0.257 e. The molecule has 2 amide bonds. The lowest BCUT2D eigenvalue weighted by Gasteiger charge is -2.34. The van der Waals surface area contributed by atoms with E-state index in [2.05, 4.69) is 15.3 Å². The van der Waals surface area contributed by atoms with Crippen LogP contribution in [0.15, 0.2) is 30.5 Å². The molecule has 0 atom stereocenters. The first-order valence-electron chi connectivity index (χ1n) is 9.63. The minimum absolute atomic E-state index is 0.0621. The average Bonchev–Trinajstić information content (AvgIpc) is 3.42. The molecule has 8 heteroatoms. The van der Waals surface area contributed by atoms with Crippen molar-refractivity contribution >= 4 is 11.8 Å². The van der Waals surface area contributed by atoms with Gasteiger partial charge in [-0.1, -0.05) is 0 Å². The highest BCUT2D eigenvalue weighted by Crippen LogP contribution is 2.19. The first kappa shape index (κ1) is 18.6. The van der Waals surface area contributed by atoms with E-state index in [9.17, 15) is 14.0 Å². The molecule has 0 bridgehead atoms. The largest absolute Gasteiger partial charge is 0.352 e. The third-order valence-electron chi connectivity index (χ3n) is 5.28. The summed E-state index contributed by atoms with van der Waals surface area (Å²) < 4.78 is 14.8. The summed E-state index contributed by atoms with van der Waals surface area (Å²) in [6, 6.07) is 6.38. The molecule has 148 valence electrons. The van der Waals surface area contributed by atoms with Gasteiger partial charge in [-0.05, 0) is 44.0 Å². The Hall–Kier alpha value is -2.74. The van der Waals surface area contributed by atoms with Crippen LogP contribution in [0.3, 0.4) is 0 Å². The average molecular weight is 385 g/mol. The molecule has 4 rings (SSSR count). The topological polar surface area (TPSA) is 70.5 Å². The van der Waals surface area contributed by atoms with Gasteiger partial charge >= 0.3 is 0 Å². The molecule has 1 aromatic heterocycles. The molecule has 2 heterocycles. The molecule has 0 radical (unpaired) electrons. The van der Waals surface area contributed by atoms with E-state index >= 15 is 0 Å². The number of benzene rings is 1. The number of carbonyl (C=O) groups is 2. The fourth-order valence-electron chi connectivity index (χ4n) is 3.45. The normalized spacial score (nSPS) is 17.6. The monoisotopic (exact) mass is 385 g/mol. The number of carbonyl (C=O) groups excluding carboxylic acids is 2. The molecule has 2 fully saturated rings. The minimum atomic E-state index is -0.312. The second-order valence-electron chi connectivity index (χ2n) is 7.44. The van der Waals surface area contributed by atoms with E-state index in [-0.39, 0.29) is 17.6 Å². The molecule has 1 aromatic carbocycles. The Morgan fingerprint density at radius 2 is 1.82 bits per heavy atom. The zero-order chi connectivity index (χ0) is 19.7. The predicted octanol–water partition coefficient (Wildman–Crippen LogP) is 1.36. The van der Waals surface area contributed by atoms with Crippen molar-refractivity contribution in [2.75, 3.05) is 32.7 Å². The first-order valence-corrected chi connectivity index (χ1v) is 9.63. The van der Waals surface area contributed by atoms with E-state index in [1.54, 1.807) is 27.9 Å². The van der Waals surface area contributed by atoms with Gasteiger partial charge in [0.25, 0.3) is 5.91 Å². The maximum absolute atomic E-state index is 13.1.